The highest BCUT2D eigenvalue weighted by Gasteiger charge is 2.13. The van der Waals surface area contributed by atoms with E-state index in [1.54, 1.807) is 0 Å². The van der Waals surface area contributed by atoms with Gasteiger partial charge in [0.05, 0.1) is 11.5 Å². The number of aryl methyl sites for hydroxylation is 2. The molecule has 2 rings (SSSR count). The average molecular weight is 303 g/mol. The van der Waals surface area contributed by atoms with Crippen molar-refractivity contribution in [3.63, 3.8) is 0 Å². The third-order valence-corrected chi connectivity index (χ3v) is 4.86. The van der Waals surface area contributed by atoms with Crippen LogP contribution in [0.4, 0.5) is 0 Å². The van der Waals surface area contributed by atoms with Gasteiger partial charge in [0.2, 0.25) is 0 Å². The van der Waals surface area contributed by atoms with Crippen LogP contribution in [0.25, 0.3) is 0 Å². The van der Waals surface area contributed by atoms with Crippen molar-refractivity contribution in [2.45, 2.75) is 31.9 Å². The summed E-state index contributed by atoms with van der Waals surface area (Å²) in [5, 5.41) is 0. The van der Waals surface area contributed by atoms with Crippen LogP contribution in [0.1, 0.15) is 27.8 Å². The van der Waals surface area contributed by atoms with Crippen LogP contribution in [-0.2, 0) is 27.9 Å². The summed E-state index contributed by atoms with van der Waals surface area (Å²) in [6, 6.07) is 13.3. The molecule has 0 bridgehead atoms. The fourth-order valence-electron chi connectivity index (χ4n) is 2.48. The maximum absolute atomic E-state index is 12.3. The van der Waals surface area contributed by atoms with Crippen LogP contribution in [0.3, 0.4) is 0 Å². The largest absolute Gasteiger partial charge is 0.326 e. The molecule has 3 nitrogen and oxygen atoms in total. The van der Waals surface area contributed by atoms with Crippen molar-refractivity contribution in [2.24, 2.45) is 5.73 Å². The second-order valence-electron chi connectivity index (χ2n) is 5.55. The van der Waals surface area contributed by atoms with E-state index in [1.165, 1.54) is 0 Å². The van der Waals surface area contributed by atoms with Gasteiger partial charge in [0.15, 0.2) is 9.84 Å². The maximum atomic E-state index is 12.3. The Morgan fingerprint density at radius 2 is 1.29 bits per heavy atom. The van der Waals surface area contributed by atoms with E-state index in [4.69, 9.17) is 5.73 Å². The highest BCUT2D eigenvalue weighted by atomic mass is 32.2. The maximum Gasteiger partial charge on any atom is 0.158 e. The molecule has 2 aromatic carbocycles. The van der Waals surface area contributed by atoms with E-state index in [9.17, 15) is 8.42 Å². The molecule has 0 heterocycles. The molecule has 0 saturated heterocycles. The Bertz CT molecular complexity index is 699. The predicted octanol–water partition coefficient (Wildman–Crippen LogP) is 2.88. The van der Waals surface area contributed by atoms with Gasteiger partial charge in [-0.15, -0.1) is 0 Å². The first kappa shape index (κ1) is 15.7. The normalized spacial score (nSPS) is 11.6. The van der Waals surface area contributed by atoms with Gasteiger partial charge in [-0.3, -0.25) is 0 Å². The summed E-state index contributed by atoms with van der Waals surface area (Å²) in [7, 11) is -3.17. The molecule has 0 radical (unpaired) electrons. The first-order valence-electron chi connectivity index (χ1n) is 6.93. The Morgan fingerprint density at radius 3 is 1.81 bits per heavy atom. The fourth-order valence-corrected chi connectivity index (χ4v) is 3.96. The minimum Gasteiger partial charge on any atom is -0.326 e. The molecular formula is C17H21NO2S. The van der Waals surface area contributed by atoms with Crippen molar-refractivity contribution in [3.05, 3.63) is 70.3 Å². The summed E-state index contributed by atoms with van der Waals surface area (Å²) in [4.78, 5) is 0. The van der Waals surface area contributed by atoms with Gasteiger partial charge in [0.25, 0.3) is 0 Å². The zero-order valence-electron chi connectivity index (χ0n) is 12.5. The summed E-state index contributed by atoms with van der Waals surface area (Å²) in [5.41, 5.74) is 10.4. The number of benzene rings is 2. The van der Waals surface area contributed by atoms with E-state index in [0.717, 1.165) is 27.8 Å². The van der Waals surface area contributed by atoms with E-state index in [0.29, 0.717) is 6.54 Å². The molecular weight excluding hydrogens is 282 g/mol. The lowest BCUT2D eigenvalue weighted by Crippen LogP contribution is -2.08. The highest BCUT2D eigenvalue weighted by molar-refractivity contribution is 7.89. The Kier molecular flexibility index (Phi) is 4.80. The standard InChI is InChI=1S/C17H21NO2S/c1-13-7-14(2)9-17(8-13)12-21(19,20)11-16-5-3-15(10-18)4-6-16/h3-9H,10-12,18H2,1-2H3. The van der Waals surface area contributed by atoms with Crippen molar-refractivity contribution >= 4 is 9.84 Å². The van der Waals surface area contributed by atoms with Crippen molar-refractivity contribution < 1.29 is 8.42 Å². The number of rotatable bonds is 5. The molecule has 0 fully saturated rings. The molecule has 0 aromatic heterocycles. The molecule has 0 aliphatic carbocycles. The molecule has 112 valence electrons. The number of nitrogens with two attached hydrogens (primary N) is 1. The first-order valence-corrected chi connectivity index (χ1v) is 8.75. The second-order valence-corrected chi connectivity index (χ2v) is 7.61. The molecule has 21 heavy (non-hydrogen) atoms. The minimum absolute atomic E-state index is 0.0604. The lowest BCUT2D eigenvalue weighted by atomic mass is 10.1. The van der Waals surface area contributed by atoms with Gasteiger partial charge in [0, 0.05) is 6.54 Å². The lowest BCUT2D eigenvalue weighted by molar-refractivity contribution is 0.594. The molecule has 2 aromatic rings. The third kappa shape index (κ3) is 4.69. The van der Waals surface area contributed by atoms with Crippen molar-refractivity contribution in [3.8, 4) is 0 Å². The van der Waals surface area contributed by atoms with Crippen molar-refractivity contribution in [2.75, 3.05) is 0 Å². The fraction of sp³-hybridized carbons (Fsp3) is 0.294. The molecule has 0 aliphatic heterocycles. The number of hydrogen-bond acceptors (Lipinski definition) is 3. The zero-order valence-corrected chi connectivity index (χ0v) is 13.3. The smallest absolute Gasteiger partial charge is 0.158 e. The van der Waals surface area contributed by atoms with Crippen LogP contribution in [0.2, 0.25) is 0 Å². The van der Waals surface area contributed by atoms with Gasteiger partial charge in [-0.05, 0) is 30.5 Å². The van der Waals surface area contributed by atoms with Gasteiger partial charge < -0.3 is 5.73 Å². The van der Waals surface area contributed by atoms with Crippen LogP contribution in [-0.4, -0.2) is 8.42 Å². The number of sulfone groups is 1. The van der Waals surface area contributed by atoms with Crippen LogP contribution in [0, 0.1) is 13.8 Å². The highest BCUT2D eigenvalue weighted by Crippen LogP contribution is 2.16. The minimum atomic E-state index is -3.17. The van der Waals surface area contributed by atoms with Crippen LogP contribution in [0.15, 0.2) is 42.5 Å². The molecule has 0 amide bonds. The summed E-state index contributed by atoms with van der Waals surface area (Å²) >= 11 is 0. The number of hydrogen-bond donors (Lipinski definition) is 1. The SMILES string of the molecule is Cc1cc(C)cc(CS(=O)(=O)Cc2ccc(CN)cc2)c1. The zero-order chi connectivity index (χ0) is 15.5. The Balaban J connectivity index is 2.14. The summed E-state index contributed by atoms with van der Waals surface area (Å²) in [5.74, 6) is 0.138. The van der Waals surface area contributed by atoms with Gasteiger partial charge in [-0.1, -0.05) is 53.6 Å². The van der Waals surface area contributed by atoms with Crippen LogP contribution in [0.5, 0.6) is 0 Å². The van der Waals surface area contributed by atoms with E-state index in [-0.39, 0.29) is 11.5 Å². The Morgan fingerprint density at radius 1 is 0.810 bits per heavy atom. The average Bonchev–Trinajstić information content (AvgIpc) is 2.37. The molecule has 0 aliphatic rings. The summed E-state index contributed by atoms with van der Waals surface area (Å²) in [6.07, 6.45) is 0. The van der Waals surface area contributed by atoms with Gasteiger partial charge >= 0.3 is 0 Å². The molecule has 0 unspecified atom stereocenters. The van der Waals surface area contributed by atoms with Gasteiger partial charge in [0.1, 0.15) is 0 Å². The molecule has 0 atom stereocenters. The van der Waals surface area contributed by atoms with Crippen molar-refractivity contribution in [1.82, 2.24) is 0 Å². The Hall–Kier alpha value is -1.65. The quantitative estimate of drug-likeness (QED) is 0.924. The van der Waals surface area contributed by atoms with Crippen molar-refractivity contribution in [1.29, 1.82) is 0 Å². The molecule has 4 heteroatoms. The lowest BCUT2D eigenvalue weighted by Gasteiger charge is -2.07. The Labute approximate surface area is 126 Å². The molecule has 2 N–H and O–H groups in total. The third-order valence-electron chi connectivity index (χ3n) is 3.31. The molecule has 0 spiro atoms. The first-order chi connectivity index (χ1) is 9.88. The van der Waals surface area contributed by atoms with Crippen LogP contribution < -0.4 is 5.73 Å². The van der Waals surface area contributed by atoms with E-state index in [2.05, 4.69) is 0 Å². The second kappa shape index (κ2) is 6.41. The summed E-state index contributed by atoms with van der Waals surface area (Å²) < 4.78 is 24.6. The predicted molar refractivity (Wildman–Crippen MR) is 86.6 cm³/mol. The van der Waals surface area contributed by atoms with E-state index in [1.807, 2.05) is 56.3 Å². The van der Waals surface area contributed by atoms with Crippen LogP contribution >= 0.6 is 0 Å². The summed E-state index contributed by atoms with van der Waals surface area (Å²) in [6.45, 7) is 4.43. The van der Waals surface area contributed by atoms with Gasteiger partial charge in [-0.2, -0.15) is 0 Å². The molecule has 0 saturated carbocycles. The van der Waals surface area contributed by atoms with E-state index < -0.39 is 9.84 Å². The van der Waals surface area contributed by atoms with E-state index >= 15 is 0 Å². The topological polar surface area (TPSA) is 60.2 Å². The monoisotopic (exact) mass is 303 g/mol. The van der Waals surface area contributed by atoms with Gasteiger partial charge in [-0.25, -0.2) is 8.42 Å².